The van der Waals surface area contributed by atoms with Gasteiger partial charge in [-0.1, -0.05) is 60.1 Å². The fraction of sp³-hybridized carbons (Fsp3) is 0.0323. The number of aromatic nitrogens is 2. The van der Waals surface area contributed by atoms with Gasteiger partial charge in [0.15, 0.2) is 0 Å². The van der Waals surface area contributed by atoms with Crippen LogP contribution < -0.4 is 4.74 Å². The molecule has 0 aliphatic carbocycles. The molecule has 4 aromatic carbocycles. The van der Waals surface area contributed by atoms with Crippen LogP contribution in [0.4, 0.5) is 4.39 Å². The van der Waals surface area contributed by atoms with E-state index >= 15 is 0 Å². The number of hydrogen-bond acceptors (Lipinski definition) is 5. The van der Waals surface area contributed by atoms with Crippen LogP contribution >= 0.6 is 11.6 Å². The summed E-state index contributed by atoms with van der Waals surface area (Å²) in [6, 6.07) is 30.1. The molecule has 0 radical (unpaired) electrons. The molecule has 0 fully saturated rings. The maximum Gasteiger partial charge on any atom is 0.216 e. The van der Waals surface area contributed by atoms with E-state index in [4.69, 9.17) is 21.4 Å². The molecule has 0 amide bonds. The molecule has 5 aromatic rings. The Bertz CT molecular complexity index is 1850. The van der Waals surface area contributed by atoms with Crippen LogP contribution in [0.15, 0.2) is 119 Å². The van der Waals surface area contributed by atoms with E-state index in [1.54, 1.807) is 53.3 Å². The van der Waals surface area contributed by atoms with Gasteiger partial charge in [0.1, 0.15) is 34.8 Å². The molecule has 198 valence electrons. The van der Waals surface area contributed by atoms with Gasteiger partial charge in [0.25, 0.3) is 0 Å². The molecule has 40 heavy (non-hydrogen) atoms. The van der Waals surface area contributed by atoms with E-state index in [0.29, 0.717) is 33.2 Å². The second-order valence-electron chi connectivity index (χ2n) is 8.70. The van der Waals surface area contributed by atoms with E-state index in [1.807, 2.05) is 36.4 Å². The van der Waals surface area contributed by atoms with Crippen molar-refractivity contribution in [1.29, 1.82) is 5.26 Å². The first-order valence-electron chi connectivity index (χ1n) is 12.1. The highest BCUT2D eigenvalue weighted by Crippen LogP contribution is 2.31. The van der Waals surface area contributed by atoms with Gasteiger partial charge in [-0.05, 0) is 60.7 Å². The number of ether oxygens (including phenoxy) is 1. The Morgan fingerprint density at radius 3 is 2.42 bits per heavy atom. The minimum absolute atomic E-state index is 0.0270. The molecular weight excluding hydrogens is 549 g/mol. The Kier molecular flexibility index (Phi) is 7.78. The van der Waals surface area contributed by atoms with Crippen LogP contribution in [0.2, 0.25) is 5.02 Å². The summed E-state index contributed by atoms with van der Waals surface area (Å²) >= 11 is 5.92. The van der Waals surface area contributed by atoms with Gasteiger partial charge < -0.3 is 4.74 Å². The monoisotopic (exact) mass is 569 g/mol. The fourth-order valence-corrected chi connectivity index (χ4v) is 5.27. The molecule has 5 rings (SSSR count). The number of para-hydroxylation sites is 1. The van der Waals surface area contributed by atoms with Crippen LogP contribution in [-0.4, -0.2) is 18.2 Å². The number of benzene rings is 4. The van der Waals surface area contributed by atoms with Gasteiger partial charge in [-0.25, -0.2) is 17.5 Å². The topological polar surface area (TPSA) is 85.0 Å². The molecule has 0 unspecified atom stereocenters. The van der Waals surface area contributed by atoms with E-state index in [1.165, 1.54) is 36.4 Å². The standard InChI is InChI=1S/C31H21ClFN3O3S/c32-25-13-15-28(16-14-25)40(37,38)29(19-34)18-24-20-36(26-9-2-1-3-10-26)35-31(24)22-8-6-11-27(17-22)39-21-23-7-4-5-12-30(23)33/h1-18,20H,21H2/b29-18-. The zero-order valence-electron chi connectivity index (χ0n) is 20.9. The highest BCUT2D eigenvalue weighted by Gasteiger charge is 2.22. The lowest BCUT2D eigenvalue weighted by atomic mass is 10.1. The maximum atomic E-state index is 14.1. The first kappa shape index (κ1) is 26.9. The lowest BCUT2D eigenvalue weighted by Crippen LogP contribution is -2.03. The maximum absolute atomic E-state index is 14.1. The first-order valence-corrected chi connectivity index (χ1v) is 14.0. The predicted molar refractivity (Wildman–Crippen MR) is 152 cm³/mol. The highest BCUT2D eigenvalue weighted by molar-refractivity contribution is 7.95. The van der Waals surface area contributed by atoms with Crippen molar-refractivity contribution in [1.82, 2.24) is 9.78 Å². The number of sulfone groups is 1. The van der Waals surface area contributed by atoms with Gasteiger partial charge in [-0.2, -0.15) is 10.4 Å². The molecule has 1 aromatic heterocycles. The van der Waals surface area contributed by atoms with E-state index in [9.17, 15) is 18.1 Å². The van der Waals surface area contributed by atoms with Crippen LogP contribution in [0.3, 0.4) is 0 Å². The molecular formula is C31H21ClFN3O3S. The van der Waals surface area contributed by atoms with E-state index in [-0.39, 0.29) is 17.3 Å². The van der Waals surface area contributed by atoms with Crippen molar-refractivity contribution in [2.75, 3.05) is 0 Å². The third kappa shape index (κ3) is 5.81. The molecule has 1 heterocycles. The molecule has 0 N–H and O–H groups in total. The Morgan fingerprint density at radius 2 is 1.70 bits per heavy atom. The van der Waals surface area contributed by atoms with Crippen molar-refractivity contribution in [2.45, 2.75) is 11.5 Å². The molecule has 6 nitrogen and oxygen atoms in total. The van der Waals surface area contributed by atoms with Crippen LogP contribution in [0, 0.1) is 17.1 Å². The van der Waals surface area contributed by atoms with Crippen molar-refractivity contribution in [3.8, 4) is 28.8 Å². The summed E-state index contributed by atoms with van der Waals surface area (Å²) in [4.78, 5) is -0.499. The predicted octanol–water partition coefficient (Wildman–Crippen LogP) is 7.25. The Labute approximate surface area is 236 Å². The van der Waals surface area contributed by atoms with E-state index in [0.717, 1.165) is 5.69 Å². The van der Waals surface area contributed by atoms with Crippen molar-refractivity contribution >= 4 is 27.5 Å². The molecule has 0 spiro atoms. The molecule has 0 aliphatic rings. The number of hydrogen-bond donors (Lipinski definition) is 0. The number of nitrogens with zero attached hydrogens (tertiary/aromatic N) is 3. The summed E-state index contributed by atoms with van der Waals surface area (Å²) in [7, 11) is -4.13. The zero-order valence-corrected chi connectivity index (χ0v) is 22.5. The molecule has 0 bridgehead atoms. The second kappa shape index (κ2) is 11.6. The number of allylic oxidation sites excluding steroid dienone is 1. The molecule has 0 atom stereocenters. The highest BCUT2D eigenvalue weighted by atomic mass is 35.5. The molecule has 9 heteroatoms. The number of nitriles is 1. The molecule has 0 saturated carbocycles. The number of halogens is 2. The fourth-order valence-electron chi connectivity index (χ4n) is 3.99. The summed E-state index contributed by atoms with van der Waals surface area (Å²) in [5, 5.41) is 15.0. The van der Waals surface area contributed by atoms with Crippen LogP contribution in [0.25, 0.3) is 23.0 Å². The minimum Gasteiger partial charge on any atom is -0.489 e. The Morgan fingerprint density at radius 1 is 0.975 bits per heavy atom. The summed E-state index contributed by atoms with van der Waals surface area (Å²) in [6.45, 7) is 0.0270. The van der Waals surface area contributed by atoms with Gasteiger partial charge in [0.05, 0.1) is 10.6 Å². The average Bonchev–Trinajstić information content (AvgIpc) is 3.40. The van der Waals surface area contributed by atoms with Gasteiger partial charge >= 0.3 is 0 Å². The van der Waals surface area contributed by atoms with Crippen LogP contribution in [0.5, 0.6) is 5.75 Å². The quantitative estimate of drug-likeness (QED) is 0.184. The summed E-state index contributed by atoms with van der Waals surface area (Å²) in [5.41, 5.74) is 2.61. The molecule has 0 aliphatic heterocycles. The minimum atomic E-state index is -4.13. The third-order valence-electron chi connectivity index (χ3n) is 6.03. The van der Waals surface area contributed by atoms with Gasteiger partial charge in [-0.3, -0.25) is 0 Å². The van der Waals surface area contributed by atoms with Gasteiger partial charge in [-0.15, -0.1) is 0 Å². The second-order valence-corrected chi connectivity index (χ2v) is 11.1. The SMILES string of the molecule is N#C/C(=C/c1cn(-c2ccccc2)nc1-c1cccc(OCc2ccccc2F)c1)S(=O)(=O)c1ccc(Cl)cc1. The zero-order chi connectivity index (χ0) is 28.1. The third-order valence-corrected chi connectivity index (χ3v) is 7.97. The lowest BCUT2D eigenvalue weighted by molar-refractivity contribution is 0.300. The van der Waals surface area contributed by atoms with E-state index < -0.39 is 14.7 Å². The van der Waals surface area contributed by atoms with Crippen LogP contribution in [0.1, 0.15) is 11.1 Å². The van der Waals surface area contributed by atoms with Crippen molar-refractivity contribution < 1.29 is 17.5 Å². The Hall–Kier alpha value is -4.71. The summed E-state index contributed by atoms with van der Waals surface area (Å²) < 4.78 is 48.1. The van der Waals surface area contributed by atoms with E-state index in [2.05, 4.69) is 0 Å². The average molecular weight is 570 g/mol. The smallest absolute Gasteiger partial charge is 0.216 e. The van der Waals surface area contributed by atoms with Crippen molar-refractivity contribution in [3.05, 3.63) is 136 Å². The van der Waals surface area contributed by atoms with Crippen molar-refractivity contribution in [2.24, 2.45) is 0 Å². The first-order chi connectivity index (χ1) is 19.3. The van der Waals surface area contributed by atoms with Gasteiger partial charge in [0, 0.05) is 27.9 Å². The van der Waals surface area contributed by atoms with Crippen molar-refractivity contribution in [3.63, 3.8) is 0 Å². The van der Waals surface area contributed by atoms with Crippen LogP contribution in [-0.2, 0) is 16.4 Å². The van der Waals surface area contributed by atoms with Gasteiger partial charge in [0.2, 0.25) is 9.84 Å². The largest absolute Gasteiger partial charge is 0.489 e. The normalized spacial score (nSPS) is 11.7. The lowest BCUT2D eigenvalue weighted by Gasteiger charge is -2.09. The number of rotatable bonds is 8. The molecule has 0 saturated heterocycles. The summed E-state index contributed by atoms with van der Waals surface area (Å²) in [6.07, 6.45) is 2.96. The Balaban J connectivity index is 1.57. The summed E-state index contributed by atoms with van der Waals surface area (Å²) in [5.74, 6) is 0.109.